The van der Waals surface area contributed by atoms with Crippen LogP contribution in [0.4, 0.5) is 0 Å². The SMILES string of the molecule is CC.CC.CC.CC.CC.CC.CC.CC.CC.CC.Cc1ccc2c(c1)-c1ccccc1C2(C)C.Cc1ccc2c(c1)-c1ccccc1C2(C)C.Cc1ccc2c3ccccc3n(C)c2c1.Cc1ccccn1.Cc1cccnc1.Cn1c2ccccc2c2ccccc21. The van der Waals surface area contributed by atoms with Crippen molar-refractivity contribution in [3.8, 4) is 22.3 Å². The number of hydrogen-bond donors (Lipinski definition) is 0. The van der Waals surface area contributed by atoms with Crippen LogP contribution in [0.25, 0.3) is 65.9 Å². The standard InChI is InChI=1S/2C16H16.C14H13N.C13H11N.2C6H7N.10C2H6/c2*1-11-8-9-15-13(10-11)12-6-4-5-7-14(12)16(15,2)3;1-10-7-8-12-11-5-3-4-6-13(11)15(2)14(12)9-10;1-14-12-8-4-2-6-10(12)11-7-3-5-9-13(11)14;1-6-3-2-4-7-5-6;1-6-4-2-3-5-7-6;10*1-2/h2*4-10H,1-3H3;3-9H,1-2H3;2-9H,1H3;2*2-5H,1H3;10*1-2H3. The van der Waals surface area contributed by atoms with Gasteiger partial charge in [0, 0.05) is 92.8 Å². The first-order valence-corrected chi connectivity index (χ1v) is 36.2. The van der Waals surface area contributed by atoms with Crippen molar-refractivity contribution in [2.45, 2.75) is 212 Å². The molecular weight excluding hydrogens is 1150 g/mol. The van der Waals surface area contributed by atoms with Gasteiger partial charge in [-0.25, -0.2) is 0 Å². The van der Waals surface area contributed by atoms with E-state index in [0.29, 0.717) is 0 Å². The van der Waals surface area contributed by atoms with Crippen molar-refractivity contribution in [3.05, 3.63) is 275 Å². The van der Waals surface area contributed by atoms with Crippen LogP contribution < -0.4 is 0 Å². The minimum Gasteiger partial charge on any atom is -0.344 e. The first-order chi connectivity index (χ1) is 46.1. The molecule has 4 heteroatoms. The molecule has 2 aliphatic carbocycles. The van der Waals surface area contributed by atoms with E-state index in [9.17, 15) is 0 Å². The fourth-order valence-corrected chi connectivity index (χ4v) is 11.0. The maximum atomic E-state index is 3.98. The molecule has 0 spiro atoms. The second-order valence-corrected chi connectivity index (χ2v) is 21.1. The monoisotopic (exact) mass is 1280 g/mol. The summed E-state index contributed by atoms with van der Waals surface area (Å²) in [6, 6.07) is 73.2. The summed E-state index contributed by atoms with van der Waals surface area (Å²) >= 11 is 0. The smallest absolute Gasteiger partial charge is 0.0491 e. The minimum absolute atomic E-state index is 0.152. The summed E-state index contributed by atoms with van der Waals surface area (Å²) in [5.74, 6) is 0. The number of fused-ring (bicyclic) bond motifs is 12. The molecule has 4 nitrogen and oxygen atoms in total. The summed E-state index contributed by atoms with van der Waals surface area (Å²) in [6.07, 6.45) is 5.39. The summed E-state index contributed by atoms with van der Waals surface area (Å²) in [5, 5.41) is 5.37. The van der Waals surface area contributed by atoms with Gasteiger partial charge in [-0.3, -0.25) is 9.97 Å². The van der Waals surface area contributed by atoms with Crippen molar-refractivity contribution in [3.63, 3.8) is 0 Å². The minimum atomic E-state index is 0.152. The van der Waals surface area contributed by atoms with E-state index in [0.717, 1.165) is 5.69 Å². The Bertz CT molecular complexity index is 3710. The van der Waals surface area contributed by atoms with E-state index in [1.165, 1.54) is 110 Å². The lowest BCUT2D eigenvalue weighted by Crippen LogP contribution is -2.14. The average Bonchev–Trinajstić information content (AvgIpc) is 1.61. The van der Waals surface area contributed by atoms with Crippen LogP contribution in [0, 0.1) is 34.6 Å². The van der Waals surface area contributed by atoms with Gasteiger partial charge in [0.1, 0.15) is 0 Å². The van der Waals surface area contributed by atoms with Crippen LogP contribution in [0.5, 0.6) is 0 Å². The summed E-state index contributed by atoms with van der Waals surface area (Å²) in [5.41, 5.74) is 23.3. The van der Waals surface area contributed by atoms with Crippen LogP contribution >= 0.6 is 0 Å². The van der Waals surface area contributed by atoms with Crippen LogP contribution in [0.2, 0.25) is 0 Å². The molecule has 4 heterocycles. The number of para-hydroxylation sites is 3. The predicted octanol–water partition coefficient (Wildman–Crippen LogP) is 28.6. The second kappa shape index (κ2) is 49.2. The third-order valence-corrected chi connectivity index (χ3v) is 15.0. The fraction of sp³-hybridized carbons (Fsp3) is 0.363. The lowest BCUT2D eigenvalue weighted by Gasteiger charge is -2.21. The molecule has 0 saturated heterocycles. The fourth-order valence-electron chi connectivity index (χ4n) is 11.0. The number of pyridine rings is 2. The Kier molecular flexibility index (Phi) is 46.0. The van der Waals surface area contributed by atoms with E-state index >= 15 is 0 Å². The molecule has 0 atom stereocenters. The molecule has 514 valence electrons. The molecular formula is C91H130N4. The Morgan fingerprint density at radius 2 is 0.579 bits per heavy atom. The molecule has 8 aromatic carbocycles. The molecule has 2 aliphatic rings. The zero-order valence-electron chi connectivity index (χ0n) is 65.7. The highest BCUT2D eigenvalue weighted by atomic mass is 14.9. The van der Waals surface area contributed by atoms with Crippen molar-refractivity contribution in [1.82, 2.24) is 19.1 Å². The van der Waals surface area contributed by atoms with Gasteiger partial charge < -0.3 is 9.13 Å². The molecule has 4 aromatic heterocycles. The number of rotatable bonds is 0. The van der Waals surface area contributed by atoms with Gasteiger partial charge in [-0.1, -0.05) is 341 Å². The first-order valence-electron chi connectivity index (χ1n) is 36.2. The van der Waals surface area contributed by atoms with E-state index in [1.54, 1.807) is 12.4 Å². The lowest BCUT2D eigenvalue weighted by molar-refractivity contribution is 0.660. The second-order valence-electron chi connectivity index (χ2n) is 21.1. The van der Waals surface area contributed by atoms with Crippen molar-refractivity contribution < 1.29 is 0 Å². The zero-order valence-corrected chi connectivity index (χ0v) is 65.7. The maximum absolute atomic E-state index is 3.98. The first kappa shape index (κ1) is 88.7. The van der Waals surface area contributed by atoms with E-state index in [1.807, 2.05) is 189 Å². The third-order valence-electron chi connectivity index (χ3n) is 15.0. The largest absolute Gasteiger partial charge is 0.344 e. The molecule has 0 saturated carbocycles. The molecule has 0 unspecified atom stereocenters. The maximum Gasteiger partial charge on any atom is 0.0491 e. The van der Waals surface area contributed by atoms with Crippen LogP contribution in [-0.4, -0.2) is 19.1 Å². The molecule has 0 radical (unpaired) electrons. The van der Waals surface area contributed by atoms with Gasteiger partial charge in [0.15, 0.2) is 0 Å². The molecule has 14 rings (SSSR count). The Morgan fingerprint density at radius 1 is 0.263 bits per heavy atom. The summed E-state index contributed by atoms with van der Waals surface area (Å²) in [7, 11) is 4.24. The van der Waals surface area contributed by atoms with Crippen LogP contribution in [0.15, 0.2) is 225 Å². The number of nitrogens with zero attached hydrogens (tertiary/aromatic N) is 4. The predicted molar refractivity (Wildman–Crippen MR) is 435 cm³/mol. The van der Waals surface area contributed by atoms with Gasteiger partial charge in [-0.2, -0.15) is 0 Å². The Hall–Kier alpha value is -8.34. The van der Waals surface area contributed by atoms with E-state index in [-0.39, 0.29) is 10.8 Å². The van der Waals surface area contributed by atoms with Crippen LogP contribution in [-0.2, 0) is 24.9 Å². The molecule has 0 N–H and O–H groups in total. The van der Waals surface area contributed by atoms with Gasteiger partial charge in [0.05, 0.1) is 0 Å². The number of aromatic nitrogens is 4. The van der Waals surface area contributed by atoms with Gasteiger partial charge in [0.2, 0.25) is 0 Å². The van der Waals surface area contributed by atoms with E-state index in [4.69, 9.17) is 0 Å². The van der Waals surface area contributed by atoms with Crippen molar-refractivity contribution in [2.75, 3.05) is 0 Å². The summed E-state index contributed by atoms with van der Waals surface area (Å²) in [4.78, 5) is 7.86. The summed E-state index contributed by atoms with van der Waals surface area (Å²) < 4.78 is 4.50. The molecule has 0 aliphatic heterocycles. The van der Waals surface area contributed by atoms with Crippen molar-refractivity contribution in [2.24, 2.45) is 14.1 Å². The molecule has 0 amide bonds. The van der Waals surface area contributed by atoms with Gasteiger partial charge in [0.25, 0.3) is 0 Å². The highest BCUT2D eigenvalue weighted by Gasteiger charge is 2.36. The molecule has 95 heavy (non-hydrogen) atoms. The zero-order chi connectivity index (χ0) is 72.9. The van der Waals surface area contributed by atoms with Crippen LogP contribution in [0.3, 0.4) is 0 Å². The van der Waals surface area contributed by atoms with Gasteiger partial charge >= 0.3 is 0 Å². The summed E-state index contributed by atoms with van der Waals surface area (Å²) in [6.45, 7) is 59.7. The van der Waals surface area contributed by atoms with Gasteiger partial charge in [-0.05, 0) is 133 Å². The van der Waals surface area contributed by atoms with E-state index < -0.39 is 0 Å². The van der Waals surface area contributed by atoms with E-state index in [2.05, 4.69) is 258 Å². The third kappa shape index (κ3) is 24.1. The van der Waals surface area contributed by atoms with Crippen molar-refractivity contribution in [1.29, 1.82) is 0 Å². The quantitative estimate of drug-likeness (QED) is 0.152. The number of benzene rings is 8. The molecule has 12 aromatic rings. The Morgan fingerprint density at radius 3 is 0.905 bits per heavy atom. The molecule has 0 fully saturated rings. The number of aryl methyl sites for hydroxylation is 7. The highest BCUT2D eigenvalue weighted by molar-refractivity contribution is 6.09. The molecule has 0 bridgehead atoms. The van der Waals surface area contributed by atoms with Crippen molar-refractivity contribution >= 4 is 43.6 Å². The normalized spacial score (nSPS) is 10.6. The topological polar surface area (TPSA) is 35.6 Å². The van der Waals surface area contributed by atoms with Crippen LogP contribution in [0.1, 0.15) is 216 Å². The Labute approximate surface area is 582 Å². The lowest BCUT2D eigenvalue weighted by atomic mass is 9.82. The Balaban J connectivity index is 0. The number of hydrogen-bond acceptors (Lipinski definition) is 2. The van der Waals surface area contributed by atoms with Gasteiger partial charge in [-0.15, -0.1) is 0 Å². The highest BCUT2D eigenvalue weighted by Crippen LogP contribution is 2.50. The average molecular weight is 1280 g/mol.